The van der Waals surface area contributed by atoms with Crippen LogP contribution in [-0.2, 0) is 0 Å². The van der Waals surface area contributed by atoms with Crippen LogP contribution in [0.25, 0.3) is 5.70 Å². The molecular formula is C30H43N3. The van der Waals surface area contributed by atoms with Crippen LogP contribution in [0.15, 0.2) is 70.8 Å². The van der Waals surface area contributed by atoms with Crippen molar-refractivity contribution in [1.82, 2.24) is 4.90 Å². The van der Waals surface area contributed by atoms with Crippen LogP contribution in [0.3, 0.4) is 0 Å². The van der Waals surface area contributed by atoms with Crippen LogP contribution in [0.2, 0.25) is 0 Å². The van der Waals surface area contributed by atoms with Gasteiger partial charge in [-0.15, -0.1) is 0 Å². The van der Waals surface area contributed by atoms with Gasteiger partial charge in [0, 0.05) is 30.5 Å². The standard InChI is InChI=1S/C30H43N3/c1-10-21(4)13-14-27(20(2)3)17-23(6)25(8)32-30-18-28(16-22(5)24(30)7)26(9)33-15-11-12-29(31)19-33/h13-14,16-18,29H,2,9-12,15,19,31H2,1,3-8H3/b21-13+,23-17+,27-14-,32-25?. The summed E-state index contributed by atoms with van der Waals surface area (Å²) < 4.78 is 0. The second-order valence-corrected chi connectivity index (χ2v) is 9.53. The highest BCUT2D eigenvalue weighted by molar-refractivity contribution is 6.00. The van der Waals surface area contributed by atoms with Crippen LogP contribution in [0.5, 0.6) is 0 Å². The van der Waals surface area contributed by atoms with E-state index in [1.165, 1.54) is 16.7 Å². The van der Waals surface area contributed by atoms with Crippen LogP contribution in [0.1, 0.15) is 70.6 Å². The van der Waals surface area contributed by atoms with E-state index < -0.39 is 0 Å². The van der Waals surface area contributed by atoms with Crippen LogP contribution in [0.4, 0.5) is 5.69 Å². The van der Waals surface area contributed by atoms with E-state index in [9.17, 15) is 0 Å². The van der Waals surface area contributed by atoms with Gasteiger partial charge in [0.05, 0.1) is 5.69 Å². The Morgan fingerprint density at radius 3 is 2.45 bits per heavy atom. The number of piperidine rings is 1. The molecule has 178 valence electrons. The number of nitrogens with zero attached hydrogens (tertiary/aromatic N) is 2. The van der Waals surface area contributed by atoms with Crippen molar-refractivity contribution in [3.05, 3.63) is 82.5 Å². The van der Waals surface area contributed by atoms with Crippen molar-refractivity contribution in [3.8, 4) is 0 Å². The second kappa shape index (κ2) is 12.0. The summed E-state index contributed by atoms with van der Waals surface area (Å²) in [5.41, 5.74) is 17.5. The molecule has 2 rings (SSSR count). The first-order chi connectivity index (χ1) is 15.5. The molecule has 2 N–H and O–H groups in total. The molecule has 1 aliphatic heterocycles. The van der Waals surface area contributed by atoms with Gasteiger partial charge in [0.1, 0.15) is 0 Å². The summed E-state index contributed by atoms with van der Waals surface area (Å²) in [6, 6.07) is 4.62. The third kappa shape index (κ3) is 7.43. The van der Waals surface area contributed by atoms with Gasteiger partial charge >= 0.3 is 0 Å². The number of aryl methyl sites for hydroxylation is 1. The largest absolute Gasteiger partial charge is 0.370 e. The minimum atomic E-state index is 0.223. The van der Waals surface area contributed by atoms with Crippen LogP contribution >= 0.6 is 0 Å². The van der Waals surface area contributed by atoms with E-state index in [1.807, 2.05) is 6.92 Å². The molecule has 1 aromatic rings. The third-order valence-electron chi connectivity index (χ3n) is 6.64. The van der Waals surface area contributed by atoms with E-state index >= 15 is 0 Å². The van der Waals surface area contributed by atoms with Gasteiger partial charge in [0.15, 0.2) is 0 Å². The van der Waals surface area contributed by atoms with Crippen molar-refractivity contribution >= 4 is 17.1 Å². The van der Waals surface area contributed by atoms with Gasteiger partial charge in [-0.25, -0.2) is 0 Å². The maximum absolute atomic E-state index is 6.21. The van der Waals surface area contributed by atoms with Gasteiger partial charge in [-0.1, -0.05) is 43.4 Å². The number of allylic oxidation sites excluding steroid dienone is 7. The molecule has 3 nitrogen and oxygen atoms in total. The maximum atomic E-state index is 6.21. The predicted octanol–water partition coefficient (Wildman–Crippen LogP) is 7.59. The molecule has 1 fully saturated rings. The fourth-order valence-corrected chi connectivity index (χ4v) is 3.83. The van der Waals surface area contributed by atoms with Gasteiger partial charge in [-0.3, -0.25) is 4.99 Å². The second-order valence-electron chi connectivity index (χ2n) is 9.53. The summed E-state index contributed by atoms with van der Waals surface area (Å²) in [5.74, 6) is 0. The predicted molar refractivity (Wildman–Crippen MR) is 147 cm³/mol. The Morgan fingerprint density at radius 2 is 1.85 bits per heavy atom. The lowest BCUT2D eigenvalue weighted by atomic mass is 9.99. The van der Waals surface area contributed by atoms with Crippen LogP contribution in [-0.4, -0.2) is 29.7 Å². The van der Waals surface area contributed by atoms with E-state index in [0.29, 0.717) is 0 Å². The number of hydrogen-bond donors (Lipinski definition) is 1. The lowest BCUT2D eigenvalue weighted by Crippen LogP contribution is -2.41. The molecule has 3 heteroatoms. The smallest absolute Gasteiger partial charge is 0.0671 e. The molecule has 1 aromatic carbocycles. The van der Waals surface area contributed by atoms with Crippen molar-refractivity contribution in [2.75, 3.05) is 13.1 Å². The molecule has 0 aliphatic carbocycles. The Morgan fingerprint density at radius 1 is 1.15 bits per heavy atom. The lowest BCUT2D eigenvalue weighted by Gasteiger charge is -2.34. The lowest BCUT2D eigenvalue weighted by molar-refractivity contribution is 0.296. The topological polar surface area (TPSA) is 41.6 Å². The van der Waals surface area contributed by atoms with Crippen LogP contribution < -0.4 is 5.73 Å². The highest BCUT2D eigenvalue weighted by Crippen LogP contribution is 2.30. The molecule has 1 unspecified atom stereocenters. The van der Waals surface area contributed by atoms with E-state index in [1.54, 1.807) is 0 Å². The minimum absolute atomic E-state index is 0.223. The van der Waals surface area contributed by atoms with Crippen LogP contribution in [0, 0.1) is 13.8 Å². The summed E-state index contributed by atoms with van der Waals surface area (Å²) in [6.45, 7) is 25.3. The van der Waals surface area contributed by atoms with Crippen molar-refractivity contribution in [2.45, 2.75) is 73.8 Å². The summed E-state index contributed by atoms with van der Waals surface area (Å²) >= 11 is 0. The molecule has 0 spiro atoms. The number of rotatable bonds is 8. The Hall–Kier alpha value is -2.65. The van der Waals surface area contributed by atoms with Crippen molar-refractivity contribution in [2.24, 2.45) is 10.7 Å². The minimum Gasteiger partial charge on any atom is -0.370 e. The Bertz CT molecular complexity index is 1020. The number of benzene rings is 1. The molecule has 0 radical (unpaired) electrons. The number of aliphatic imine (C=N–C) groups is 1. The van der Waals surface area contributed by atoms with E-state index in [-0.39, 0.29) is 6.04 Å². The van der Waals surface area contributed by atoms with Gasteiger partial charge in [0.25, 0.3) is 0 Å². The fourth-order valence-electron chi connectivity index (χ4n) is 3.83. The third-order valence-corrected chi connectivity index (χ3v) is 6.64. The maximum Gasteiger partial charge on any atom is 0.0671 e. The summed E-state index contributed by atoms with van der Waals surface area (Å²) in [5, 5.41) is 0. The zero-order chi connectivity index (χ0) is 24.7. The molecule has 33 heavy (non-hydrogen) atoms. The first-order valence-electron chi connectivity index (χ1n) is 12.1. The molecule has 1 saturated heterocycles. The average molecular weight is 446 g/mol. The zero-order valence-corrected chi connectivity index (χ0v) is 21.9. The van der Waals surface area contributed by atoms with E-state index in [4.69, 9.17) is 10.7 Å². The molecule has 0 bridgehead atoms. The first-order valence-corrected chi connectivity index (χ1v) is 12.1. The molecule has 0 aromatic heterocycles. The highest BCUT2D eigenvalue weighted by atomic mass is 15.2. The van der Waals surface area contributed by atoms with Crippen molar-refractivity contribution in [1.29, 1.82) is 0 Å². The van der Waals surface area contributed by atoms with Gasteiger partial charge in [0.2, 0.25) is 0 Å². The highest BCUT2D eigenvalue weighted by Gasteiger charge is 2.19. The zero-order valence-electron chi connectivity index (χ0n) is 21.9. The Kier molecular flexibility index (Phi) is 9.67. The van der Waals surface area contributed by atoms with E-state index in [0.717, 1.165) is 71.7 Å². The SMILES string of the molecule is C=C(C)C(=C\C=C(/C)CC)/C=C(\C)C(C)=Nc1cc(C(=C)N2CCCC(N)C2)cc(C)c1C. The van der Waals surface area contributed by atoms with Crippen molar-refractivity contribution < 1.29 is 0 Å². The molecular weight excluding hydrogens is 402 g/mol. The first kappa shape index (κ1) is 26.6. The van der Waals surface area contributed by atoms with Gasteiger partial charge in [-0.05, 0) is 107 Å². The van der Waals surface area contributed by atoms with Gasteiger partial charge in [-0.2, -0.15) is 0 Å². The molecule has 1 heterocycles. The average Bonchev–Trinajstić information content (AvgIpc) is 2.78. The molecule has 0 amide bonds. The summed E-state index contributed by atoms with van der Waals surface area (Å²) in [6.07, 6.45) is 9.76. The monoisotopic (exact) mass is 445 g/mol. The Labute approximate surface area is 202 Å². The summed E-state index contributed by atoms with van der Waals surface area (Å²) in [7, 11) is 0. The molecule has 1 atom stereocenters. The quantitative estimate of drug-likeness (QED) is 0.331. The molecule has 0 saturated carbocycles. The Balaban J connectivity index is 2.39. The van der Waals surface area contributed by atoms with E-state index in [2.05, 4.69) is 90.0 Å². The normalized spacial score (nSPS) is 18.5. The fraction of sp³-hybridized carbons (Fsp3) is 0.433. The number of nitrogens with two attached hydrogens (primary N) is 1. The molecule has 1 aliphatic rings. The van der Waals surface area contributed by atoms with Gasteiger partial charge < -0.3 is 10.6 Å². The summed E-state index contributed by atoms with van der Waals surface area (Å²) in [4.78, 5) is 7.36. The van der Waals surface area contributed by atoms with Crippen molar-refractivity contribution in [3.63, 3.8) is 0 Å². The number of hydrogen-bond acceptors (Lipinski definition) is 3. The number of likely N-dealkylation sites (tertiary alicyclic amines) is 1.